The van der Waals surface area contributed by atoms with E-state index in [2.05, 4.69) is 20.3 Å². The maximum Gasteiger partial charge on any atom is 0.407 e. The van der Waals surface area contributed by atoms with Gasteiger partial charge in [-0.2, -0.15) is 4.31 Å². The maximum absolute atomic E-state index is 15.5. The summed E-state index contributed by atoms with van der Waals surface area (Å²) in [6, 6.07) is 19.6. The Morgan fingerprint density at radius 1 is 1.08 bits per heavy atom. The van der Waals surface area contributed by atoms with Crippen molar-refractivity contribution in [2.75, 3.05) is 32.1 Å². The molecule has 3 aromatic carbocycles. The van der Waals surface area contributed by atoms with Crippen LogP contribution in [0, 0.1) is 5.82 Å². The number of hydrogen-bond acceptors (Lipinski definition) is 7. The van der Waals surface area contributed by atoms with Crippen LogP contribution in [0.1, 0.15) is 29.0 Å². The van der Waals surface area contributed by atoms with Gasteiger partial charge in [0, 0.05) is 65.0 Å². The Hall–Kier alpha value is -5.21. The van der Waals surface area contributed by atoms with E-state index in [1.807, 2.05) is 0 Å². The number of azide groups is 1. The predicted octanol–water partition coefficient (Wildman–Crippen LogP) is 6.32. The first-order chi connectivity index (χ1) is 24.0. The fourth-order valence-electron chi connectivity index (χ4n) is 5.99. The van der Waals surface area contributed by atoms with Crippen LogP contribution in [0.15, 0.2) is 101 Å². The SMILES string of the molecule is COc1ccc([C@H](c2ccc(Cl)cc2)[C@H](N=[N+]=[N-])C(=O)Nc2cccc(F)c2CCC2CN(C(=O)O)CCN2S(=O)(=O)c2ccccc2)cn1. The van der Waals surface area contributed by atoms with Crippen LogP contribution in [0.3, 0.4) is 0 Å². The van der Waals surface area contributed by atoms with Gasteiger partial charge in [0.05, 0.1) is 12.0 Å². The zero-order valence-corrected chi connectivity index (χ0v) is 28.3. The summed E-state index contributed by atoms with van der Waals surface area (Å²) in [7, 11) is -2.55. The summed E-state index contributed by atoms with van der Waals surface area (Å²) in [6.07, 6.45) is 0.274. The summed E-state index contributed by atoms with van der Waals surface area (Å²) in [4.78, 5) is 34.2. The smallest absolute Gasteiger partial charge is 0.407 e. The number of carboxylic acid groups (broad SMARTS) is 1. The number of carbonyl (C=O) groups excluding carboxylic acids is 1. The number of methoxy groups -OCH3 is 1. The van der Waals surface area contributed by atoms with Crippen LogP contribution in [0.2, 0.25) is 5.02 Å². The van der Waals surface area contributed by atoms with Crippen molar-refractivity contribution in [2.45, 2.75) is 35.7 Å². The number of piperazine rings is 1. The summed E-state index contributed by atoms with van der Waals surface area (Å²) >= 11 is 6.13. The number of halogens is 2. The van der Waals surface area contributed by atoms with Crippen molar-refractivity contribution in [3.8, 4) is 5.88 Å². The number of ether oxygens (including phenoxy) is 1. The Bertz CT molecular complexity index is 1980. The highest BCUT2D eigenvalue weighted by molar-refractivity contribution is 7.89. The molecule has 0 spiro atoms. The molecule has 5 rings (SSSR count). The molecule has 2 amide bonds. The maximum atomic E-state index is 15.5. The molecule has 260 valence electrons. The number of aromatic nitrogens is 1. The molecule has 50 heavy (non-hydrogen) atoms. The van der Waals surface area contributed by atoms with E-state index in [0.29, 0.717) is 22.0 Å². The van der Waals surface area contributed by atoms with Crippen molar-refractivity contribution in [2.24, 2.45) is 5.11 Å². The average Bonchev–Trinajstić information content (AvgIpc) is 3.12. The lowest BCUT2D eigenvalue weighted by Gasteiger charge is -2.39. The van der Waals surface area contributed by atoms with Gasteiger partial charge < -0.3 is 20.1 Å². The third-order valence-electron chi connectivity index (χ3n) is 8.47. The van der Waals surface area contributed by atoms with Crippen molar-refractivity contribution in [3.05, 3.63) is 129 Å². The van der Waals surface area contributed by atoms with Gasteiger partial charge in [0.15, 0.2) is 0 Å². The number of benzene rings is 3. The standard InChI is InChI=1S/C34H33ClFN7O6S/c1-49-30-17-12-23(20-38-30)31(22-10-13-24(35)14-11-22)32(40-41-37)33(44)39-29-9-5-8-28(36)27(29)16-15-25-21-42(34(45)46)18-19-43(25)50(47,48)26-6-3-2-4-7-26/h2-14,17,20,25,31-32H,15-16,18-19,21H2,1H3,(H,39,44)(H,45,46)/t25?,31-,32-/m0/s1. The van der Waals surface area contributed by atoms with Crippen molar-refractivity contribution < 1.29 is 32.2 Å². The Morgan fingerprint density at radius 3 is 2.44 bits per heavy atom. The molecule has 1 saturated heterocycles. The number of hydrogen-bond donors (Lipinski definition) is 2. The van der Waals surface area contributed by atoms with E-state index in [4.69, 9.17) is 16.3 Å². The summed E-state index contributed by atoms with van der Waals surface area (Å²) in [5, 5.41) is 16.7. The van der Waals surface area contributed by atoms with Crippen LogP contribution >= 0.6 is 11.6 Å². The predicted molar refractivity (Wildman–Crippen MR) is 184 cm³/mol. The molecular formula is C34H33ClFN7O6S. The molecule has 2 heterocycles. The molecule has 16 heteroatoms. The van der Waals surface area contributed by atoms with E-state index in [9.17, 15) is 28.6 Å². The first-order valence-electron chi connectivity index (χ1n) is 15.5. The van der Waals surface area contributed by atoms with E-state index in [-0.39, 0.29) is 48.6 Å². The van der Waals surface area contributed by atoms with Crippen LogP contribution in [-0.2, 0) is 21.2 Å². The number of amides is 2. The zero-order valence-electron chi connectivity index (χ0n) is 26.8. The van der Waals surface area contributed by atoms with Crippen LogP contribution in [0.5, 0.6) is 5.88 Å². The van der Waals surface area contributed by atoms with Crippen molar-refractivity contribution in [3.63, 3.8) is 0 Å². The molecule has 2 N–H and O–H groups in total. The minimum atomic E-state index is -4.01. The summed E-state index contributed by atoms with van der Waals surface area (Å²) in [5.74, 6) is -1.91. The van der Waals surface area contributed by atoms with Gasteiger partial charge in [-0.15, -0.1) is 0 Å². The molecule has 13 nitrogen and oxygen atoms in total. The van der Waals surface area contributed by atoms with E-state index in [1.165, 1.54) is 47.9 Å². The van der Waals surface area contributed by atoms with Crippen molar-refractivity contribution >= 4 is 39.3 Å². The fourth-order valence-corrected chi connectivity index (χ4v) is 7.77. The number of carbonyl (C=O) groups is 2. The Kier molecular flexibility index (Phi) is 11.5. The average molecular weight is 722 g/mol. The number of rotatable bonds is 12. The van der Waals surface area contributed by atoms with Gasteiger partial charge in [-0.1, -0.05) is 59.2 Å². The van der Waals surface area contributed by atoms with Gasteiger partial charge in [-0.25, -0.2) is 22.6 Å². The first kappa shape index (κ1) is 36.1. The molecular weight excluding hydrogens is 689 g/mol. The Morgan fingerprint density at radius 2 is 1.80 bits per heavy atom. The first-order valence-corrected chi connectivity index (χ1v) is 17.3. The quantitative estimate of drug-likeness (QED) is 0.0977. The highest BCUT2D eigenvalue weighted by Gasteiger charge is 2.38. The minimum Gasteiger partial charge on any atom is -0.481 e. The normalized spacial score (nSPS) is 16.1. The topological polar surface area (TPSA) is 178 Å². The second-order valence-electron chi connectivity index (χ2n) is 11.4. The van der Waals surface area contributed by atoms with Gasteiger partial charge in [-0.3, -0.25) is 4.79 Å². The van der Waals surface area contributed by atoms with Gasteiger partial charge in [0.1, 0.15) is 11.9 Å². The molecule has 3 atom stereocenters. The molecule has 0 saturated carbocycles. The lowest BCUT2D eigenvalue weighted by atomic mass is 9.85. The third kappa shape index (κ3) is 8.14. The highest BCUT2D eigenvalue weighted by Crippen LogP contribution is 2.33. The monoisotopic (exact) mass is 721 g/mol. The number of sulfonamides is 1. The van der Waals surface area contributed by atoms with E-state index < -0.39 is 45.8 Å². The summed E-state index contributed by atoms with van der Waals surface area (Å²) in [5.41, 5.74) is 10.8. The molecule has 0 aliphatic carbocycles. The van der Waals surface area contributed by atoms with E-state index >= 15 is 4.39 Å². The Labute approximate surface area is 292 Å². The van der Waals surface area contributed by atoms with Crippen LogP contribution in [0.25, 0.3) is 10.4 Å². The lowest BCUT2D eigenvalue weighted by Crippen LogP contribution is -2.56. The molecule has 4 aromatic rings. The minimum absolute atomic E-state index is 0.0296. The molecule has 0 radical (unpaired) electrons. The number of nitrogens with one attached hydrogen (secondary N) is 1. The second-order valence-corrected chi connectivity index (χ2v) is 13.7. The van der Waals surface area contributed by atoms with Crippen molar-refractivity contribution in [1.29, 1.82) is 0 Å². The fraction of sp³-hybridized carbons (Fsp3) is 0.265. The number of pyridine rings is 1. The molecule has 1 aliphatic heterocycles. The third-order valence-corrected chi connectivity index (χ3v) is 10.7. The zero-order chi connectivity index (χ0) is 35.8. The second kappa shape index (κ2) is 16.0. The molecule has 1 aliphatic rings. The molecule has 0 bridgehead atoms. The summed E-state index contributed by atoms with van der Waals surface area (Å²) < 4.78 is 49.2. The molecule has 1 aromatic heterocycles. The molecule has 1 fully saturated rings. The van der Waals surface area contributed by atoms with Crippen LogP contribution in [0.4, 0.5) is 14.9 Å². The van der Waals surface area contributed by atoms with Gasteiger partial charge in [-0.05, 0) is 65.9 Å². The lowest BCUT2D eigenvalue weighted by molar-refractivity contribution is -0.117. The van der Waals surface area contributed by atoms with Crippen LogP contribution < -0.4 is 10.1 Å². The molecule has 1 unspecified atom stereocenters. The largest absolute Gasteiger partial charge is 0.481 e. The van der Waals surface area contributed by atoms with Crippen LogP contribution in [-0.4, -0.2) is 78.5 Å². The number of nitrogens with zero attached hydrogens (tertiary/aromatic N) is 6. The van der Waals surface area contributed by atoms with Gasteiger partial charge in [0.25, 0.3) is 0 Å². The Balaban J connectivity index is 1.44. The number of anilines is 1. The van der Waals surface area contributed by atoms with Crippen molar-refractivity contribution in [1.82, 2.24) is 14.2 Å². The highest BCUT2D eigenvalue weighted by atomic mass is 35.5. The van der Waals surface area contributed by atoms with E-state index in [0.717, 1.165) is 4.90 Å². The van der Waals surface area contributed by atoms with Gasteiger partial charge in [0.2, 0.25) is 21.8 Å². The van der Waals surface area contributed by atoms with E-state index in [1.54, 1.807) is 54.6 Å². The summed E-state index contributed by atoms with van der Waals surface area (Å²) in [6.45, 7) is -0.247. The van der Waals surface area contributed by atoms with Gasteiger partial charge >= 0.3 is 6.09 Å².